The van der Waals surface area contributed by atoms with Crippen molar-refractivity contribution in [3.8, 4) is 34.2 Å². The van der Waals surface area contributed by atoms with Gasteiger partial charge in [-0.2, -0.15) is 5.26 Å². The molecule has 71 heavy (non-hydrogen) atoms. The second kappa shape index (κ2) is 19.7. The van der Waals surface area contributed by atoms with Gasteiger partial charge in [0.2, 0.25) is 17.7 Å². The number of esters is 1. The van der Waals surface area contributed by atoms with Crippen molar-refractivity contribution in [3.63, 3.8) is 0 Å². The number of nitrogens with one attached hydrogen (secondary N) is 3. The number of benzene rings is 2. The predicted molar refractivity (Wildman–Crippen MR) is 268 cm³/mol. The summed E-state index contributed by atoms with van der Waals surface area (Å²) in [5.74, 6) is -2.19. The van der Waals surface area contributed by atoms with Crippen LogP contribution in [-0.2, 0) is 48.1 Å². The highest BCUT2D eigenvalue weighted by molar-refractivity contribution is 5.97. The van der Waals surface area contributed by atoms with E-state index in [2.05, 4.69) is 79.5 Å². The van der Waals surface area contributed by atoms with Crippen molar-refractivity contribution in [1.82, 2.24) is 40.4 Å². The van der Waals surface area contributed by atoms with Crippen molar-refractivity contribution in [2.45, 2.75) is 141 Å². The highest BCUT2D eigenvalue weighted by Crippen LogP contribution is 2.53. The van der Waals surface area contributed by atoms with Crippen LogP contribution in [0.4, 0.5) is 0 Å². The van der Waals surface area contributed by atoms with Crippen molar-refractivity contribution in [1.29, 1.82) is 5.26 Å². The number of fused-ring (bicyclic) bond motifs is 6. The van der Waals surface area contributed by atoms with E-state index in [9.17, 15) is 34.3 Å². The molecule has 2 saturated heterocycles. The van der Waals surface area contributed by atoms with E-state index in [1.165, 1.54) is 14.8 Å². The molecule has 376 valence electrons. The number of ether oxygens (including phenoxy) is 1. The molecule has 4 fully saturated rings. The number of aromatic nitrogens is 2. The quantitative estimate of drug-likeness (QED) is 0.101. The number of phenols is 1. The zero-order valence-corrected chi connectivity index (χ0v) is 42.2. The molecule has 2 aromatic carbocycles. The number of cyclic esters (lactones) is 1. The third-order valence-electron chi connectivity index (χ3n) is 15.6. The number of hydrogen-bond acceptors (Lipinski definition) is 11. The van der Waals surface area contributed by atoms with Gasteiger partial charge >= 0.3 is 5.97 Å². The Labute approximate surface area is 416 Å². The number of aromatic hydroxyl groups is 1. The first-order valence-corrected chi connectivity index (χ1v) is 25.6. The average molecular weight is 968 g/mol. The normalized spacial score (nSPS) is 23.3. The number of nitrogens with zero attached hydrogens (tertiary/aromatic N) is 6. The van der Waals surface area contributed by atoms with Crippen LogP contribution in [0.5, 0.6) is 5.75 Å². The van der Waals surface area contributed by atoms with E-state index in [1.54, 1.807) is 26.2 Å². The number of hydrazine groups is 1. The van der Waals surface area contributed by atoms with Crippen LogP contribution in [0.3, 0.4) is 0 Å². The van der Waals surface area contributed by atoms with Crippen LogP contribution in [0.15, 0.2) is 54.7 Å². The molecule has 0 unspecified atom stereocenters. The smallest absolute Gasteiger partial charge is 0.324 e. The summed E-state index contributed by atoms with van der Waals surface area (Å²) >= 11 is 0. The Kier molecular flexibility index (Phi) is 13.8. The highest BCUT2D eigenvalue weighted by Gasteiger charge is 2.63. The summed E-state index contributed by atoms with van der Waals surface area (Å²) in [4.78, 5) is 79.0. The molecule has 9 rings (SSSR count). The molecule has 2 aliphatic carbocycles. The molecule has 4 amide bonds. The molecule has 6 bridgehead atoms. The summed E-state index contributed by atoms with van der Waals surface area (Å²) in [6, 6.07) is 14.3. The summed E-state index contributed by atoms with van der Waals surface area (Å²) in [5, 5.41) is 29.7. The first-order chi connectivity index (χ1) is 33.9. The molecule has 2 aromatic heterocycles. The molecular formula is C55H69N9O7. The Morgan fingerprint density at radius 3 is 2.49 bits per heavy atom. The van der Waals surface area contributed by atoms with Crippen LogP contribution in [0.1, 0.15) is 109 Å². The lowest BCUT2D eigenvalue weighted by Gasteiger charge is -2.37. The Hall–Kier alpha value is -6.31. The fourth-order valence-corrected chi connectivity index (χ4v) is 11.6. The van der Waals surface area contributed by atoms with Crippen molar-refractivity contribution in [2.75, 3.05) is 33.8 Å². The number of pyridine rings is 1. The molecule has 16 heteroatoms. The second-order valence-electron chi connectivity index (χ2n) is 21.9. The summed E-state index contributed by atoms with van der Waals surface area (Å²) in [6.45, 7) is 11.4. The SMILES string of the molecule is CCn1c(-c2cccnc2C(C)C)c2c3cc(ccc31)-c1cc(O)cc(c1)C[C@H](NC(=O)[C@H](C1CCCC1)N(C)C(=O)CN(C)C(=O)[C@@H]1N[C@@H]1C1(C#N)CC1)C(=O)N1CCC[C@H](N1)C(=O)OCC(C)(C)C2. The van der Waals surface area contributed by atoms with E-state index in [-0.39, 0.29) is 55.7 Å². The van der Waals surface area contributed by atoms with Crippen LogP contribution in [0.2, 0.25) is 0 Å². The highest BCUT2D eigenvalue weighted by atomic mass is 16.5. The van der Waals surface area contributed by atoms with E-state index in [1.807, 2.05) is 24.4 Å². The van der Waals surface area contributed by atoms with Crippen LogP contribution in [0.25, 0.3) is 33.3 Å². The number of aryl methyl sites for hydroxylation is 1. The average Bonchev–Trinajstić information content (AvgIpc) is 4.26. The lowest BCUT2D eigenvalue weighted by atomic mass is 9.83. The first kappa shape index (κ1) is 49.7. The summed E-state index contributed by atoms with van der Waals surface area (Å²) in [7, 11) is 3.13. The molecule has 16 nitrogen and oxygen atoms in total. The monoisotopic (exact) mass is 968 g/mol. The number of hydrogen-bond donors (Lipinski definition) is 4. The maximum atomic E-state index is 14.9. The maximum Gasteiger partial charge on any atom is 0.324 e. The number of amides is 4. The number of likely N-dealkylation sites (N-methyl/N-ethyl adjacent to an activating group) is 2. The molecule has 5 atom stereocenters. The number of phenolic OH excluding ortho intramolecular Hbond substituents is 1. The third-order valence-corrected chi connectivity index (χ3v) is 15.6. The first-order valence-electron chi connectivity index (χ1n) is 25.6. The maximum absolute atomic E-state index is 14.9. The summed E-state index contributed by atoms with van der Waals surface area (Å²) in [5.41, 5.74) is 9.51. The molecule has 4 N–H and O–H groups in total. The van der Waals surface area contributed by atoms with Crippen molar-refractivity contribution >= 4 is 40.5 Å². The minimum atomic E-state index is -1.17. The van der Waals surface area contributed by atoms with E-state index < -0.39 is 58.7 Å². The van der Waals surface area contributed by atoms with Gasteiger partial charge in [0.15, 0.2) is 0 Å². The topological polar surface area (TPSA) is 212 Å². The van der Waals surface area contributed by atoms with Gasteiger partial charge < -0.3 is 29.5 Å². The van der Waals surface area contributed by atoms with Gasteiger partial charge in [-0.3, -0.25) is 39.3 Å². The van der Waals surface area contributed by atoms with Gasteiger partial charge in [0.25, 0.3) is 5.91 Å². The van der Waals surface area contributed by atoms with Crippen molar-refractivity contribution < 1.29 is 33.8 Å². The van der Waals surface area contributed by atoms with Crippen LogP contribution < -0.4 is 16.1 Å². The van der Waals surface area contributed by atoms with Crippen LogP contribution >= 0.6 is 0 Å². The Morgan fingerprint density at radius 1 is 1.03 bits per heavy atom. The fraction of sp³-hybridized carbons (Fsp3) is 0.545. The van der Waals surface area contributed by atoms with Gasteiger partial charge in [-0.25, -0.2) is 5.43 Å². The van der Waals surface area contributed by atoms with Crippen LogP contribution in [-0.4, -0.2) is 123 Å². The summed E-state index contributed by atoms with van der Waals surface area (Å²) in [6.07, 6.45) is 7.98. The molecular weight excluding hydrogens is 899 g/mol. The van der Waals surface area contributed by atoms with E-state index in [4.69, 9.17) is 9.72 Å². The fourth-order valence-electron chi connectivity index (χ4n) is 11.6. The Balaban J connectivity index is 1.06. The van der Waals surface area contributed by atoms with Gasteiger partial charge in [0.05, 0.1) is 42.1 Å². The Bertz CT molecular complexity index is 2780. The number of carbonyl (C=O) groups excluding carboxylic acids is 5. The lowest BCUT2D eigenvalue weighted by molar-refractivity contribution is -0.155. The third kappa shape index (κ3) is 10.00. The molecule has 5 heterocycles. The molecule has 2 saturated carbocycles. The minimum Gasteiger partial charge on any atom is -0.508 e. The molecule has 5 aliphatic rings. The van der Waals surface area contributed by atoms with Gasteiger partial charge in [0.1, 0.15) is 29.9 Å². The summed E-state index contributed by atoms with van der Waals surface area (Å²) < 4.78 is 8.47. The minimum absolute atomic E-state index is 0.00554. The molecule has 0 radical (unpaired) electrons. The molecule has 0 spiro atoms. The van der Waals surface area contributed by atoms with Crippen molar-refractivity contribution in [3.05, 3.63) is 71.5 Å². The van der Waals surface area contributed by atoms with E-state index in [0.29, 0.717) is 44.2 Å². The van der Waals surface area contributed by atoms with E-state index >= 15 is 0 Å². The zero-order chi connectivity index (χ0) is 50.5. The van der Waals surface area contributed by atoms with Crippen LogP contribution in [0, 0.1) is 28.1 Å². The molecule has 4 aromatic rings. The largest absolute Gasteiger partial charge is 0.508 e. The number of carbonyl (C=O) groups is 5. The van der Waals surface area contributed by atoms with Gasteiger partial charge in [0, 0.05) is 61.7 Å². The standard InChI is InChI=1S/C55H69N9O7/c1-8-63-43-18-17-35-27-39(43)40(48(63)38-15-11-21-57-45(38)32(2)3)28-54(4,5)31-71-53(70)41-16-12-22-64(60-41)51(68)42(25-33-23-36(35)26-37(65)24-33)58-50(67)47(34-13-9-10-14-34)62(7)44(66)29-61(6)52(69)46-49(59-46)55(30-56)19-20-55/h11,15,17-18,21,23-24,26-27,32,34,41-42,46-47,49,59-60,65H,8-10,12-14,16,19-20,22,25,28-29,31H2,1-7H3,(H,58,67)/t41-,42-,46+,47-,49-/m0/s1. The number of rotatable bonds is 11. The van der Waals surface area contributed by atoms with E-state index in [0.717, 1.165) is 70.2 Å². The van der Waals surface area contributed by atoms with Gasteiger partial charge in [-0.1, -0.05) is 52.7 Å². The zero-order valence-electron chi connectivity index (χ0n) is 42.2. The molecule has 3 aliphatic heterocycles. The van der Waals surface area contributed by atoms with Gasteiger partial charge in [-0.15, -0.1) is 0 Å². The van der Waals surface area contributed by atoms with Gasteiger partial charge in [-0.05, 0) is 122 Å². The number of nitriles is 1. The predicted octanol–water partition coefficient (Wildman–Crippen LogP) is 5.99. The lowest BCUT2D eigenvalue weighted by Crippen LogP contribution is -2.62. The van der Waals surface area contributed by atoms with Crippen molar-refractivity contribution in [2.24, 2.45) is 16.7 Å². The second-order valence-corrected chi connectivity index (χ2v) is 21.9. The Morgan fingerprint density at radius 2 is 1.79 bits per heavy atom.